The van der Waals surface area contributed by atoms with Crippen LogP contribution < -0.4 is 9.46 Å². The molecule has 3 rings (SSSR count). The molecule has 0 aliphatic heterocycles. The molecule has 0 radical (unpaired) electrons. The zero-order valence-corrected chi connectivity index (χ0v) is 13.3. The van der Waals surface area contributed by atoms with E-state index in [1.165, 1.54) is 31.0 Å². The van der Waals surface area contributed by atoms with Crippen molar-refractivity contribution in [2.45, 2.75) is 37.7 Å². The predicted molar refractivity (Wildman–Crippen MR) is 81.3 cm³/mol. The fourth-order valence-electron chi connectivity index (χ4n) is 2.18. The predicted octanol–water partition coefficient (Wildman–Crippen LogP) is 2.96. The highest BCUT2D eigenvalue weighted by atomic mass is 32.2. The second-order valence-corrected chi connectivity index (χ2v) is 7.24. The van der Waals surface area contributed by atoms with Gasteiger partial charge in [0.15, 0.2) is 5.82 Å². The average Bonchev–Trinajstić information content (AvgIpc) is 3.24. The van der Waals surface area contributed by atoms with Crippen molar-refractivity contribution in [1.82, 2.24) is 5.16 Å². The molecule has 1 saturated carbocycles. The molecule has 1 heterocycles. The Kier molecular flexibility index (Phi) is 3.82. The van der Waals surface area contributed by atoms with E-state index in [1.807, 2.05) is 6.92 Å². The van der Waals surface area contributed by atoms with Crippen LogP contribution in [0.5, 0.6) is 5.75 Å². The van der Waals surface area contributed by atoms with Crippen molar-refractivity contribution in [3.8, 4) is 5.75 Å². The van der Waals surface area contributed by atoms with E-state index in [0.29, 0.717) is 17.4 Å². The highest BCUT2D eigenvalue weighted by molar-refractivity contribution is 7.92. The van der Waals surface area contributed by atoms with Gasteiger partial charge in [-0.15, -0.1) is 0 Å². The molecule has 0 bridgehead atoms. The Bertz CT molecular complexity index is 748. The second-order valence-electron chi connectivity index (χ2n) is 5.56. The van der Waals surface area contributed by atoms with Gasteiger partial charge in [0.1, 0.15) is 11.5 Å². The Labute approximate surface area is 129 Å². The quantitative estimate of drug-likeness (QED) is 0.884. The van der Waals surface area contributed by atoms with Crippen LogP contribution in [0.4, 0.5) is 5.82 Å². The van der Waals surface area contributed by atoms with E-state index in [9.17, 15) is 8.42 Å². The van der Waals surface area contributed by atoms with Crippen LogP contribution in [0.1, 0.15) is 25.5 Å². The number of nitrogens with zero attached hydrogens (tertiary/aromatic N) is 1. The number of benzene rings is 1. The summed E-state index contributed by atoms with van der Waals surface area (Å²) in [5.74, 6) is 2.01. The van der Waals surface area contributed by atoms with Gasteiger partial charge in [-0.25, -0.2) is 8.42 Å². The molecule has 1 aliphatic carbocycles. The number of rotatable bonds is 6. The molecule has 118 valence electrons. The molecule has 1 aromatic heterocycles. The number of hydrogen-bond acceptors (Lipinski definition) is 5. The Balaban J connectivity index is 1.70. The summed E-state index contributed by atoms with van der Waals surface area (Å²) in [5, 5.41) is 3.62. The molecule has 1 atom stereocenters. The molecule has 1 unspecified atom stereocenters. The number of anilines is 1. The maximum absolute atomic E-state index is 12.2. The third-order valence-corrected chi connectivity index (χ3v) is 4.98. The number of ether oxygens (including phenoxy) is 1. The van der Waals surface area contributed by atoms with Gasteiger partial charge in [0, 0.05) is 6.07 Å². The molecular weight excluding hydrogens is 304 g/mol. The maximum Gasteiger partial charge on any atom is 0.263 e. The van der Waals surface area contributed by atoms with E-state index >= 15 is 0 Å². The number of sulfonamides is 1. The number of hydrogen-bond donors (Lipinski definition) is 1. The van der Waals surface area contributed by atoms with Crippen LogP contribution in [-0.4, -0.2) is 19.7 Å². The monoisotopic (exact) mass is 322 g/mol. The van der Waals surface area contributed by atoms with Gasteiger partial charge in [-0.1, -0.05) is 5.16 Å². The molecule has 0 amide bonds. The first-order valence-electron chi connectivity index (χ1n) is 7.17. The second kappa shape index (κ2) is 5.64. The Hall–Kier alpha value is -2.02. The molecule has 1 aliphatic rings. The fourth-order valence-corrected chi connectivity index (χ4v) is 3.17. The SMILES string of the molecule is Cc1cc(NS(=O)(=O)c2ccc(OC(C)C3CC3)cc2)no1. The van der Waals surface area contributed by atoms with Gasteiger partial charge in [0.25, 0.3) is 10.0 Å². The summed E-state index contributed by atoms with van der Waals surface area (Å²) in [4.78, 5) is 0.152. The third-order valence-electron chi connectivity index (χ3n) is 3.61. The molecule has 0 spiro atoms. The molecule has 0 saturated heterocycles. The first kappa shape index (κ1) is 14.9. The van der Waals surface area contributed by atoms with Gasteiger partial charge < -0.3 is 9.26 Å². The van der Waals surface area contributed by atoms with Crippen molar-refractivity contribution in [2.24, 2.45) is 5.92 Å². The lowest BCUT2D eigenvalue weighted by Crippen LogP contribution is -2.15. The van der Waals surface area contributed by atoms with Crippen molar-refractivity contribution in [3.05, 3.63) is 36.1 Å². The summed E-state index contributed by atoms with van der Waals surface area (Å²) in [7, 11) is -3.68. The topological polar surface area (TPSA) is 81.4 Å². The largest absolute Gasteiger partial charge is 0.490 e. The summed E-state index contributed by atoms with van der Waals surface area (Å²) in [6.07, 6.45) is 2.57. The minimum absolute atomic E-state index is 0.152. The Morgan fingerprint density at radius 2 is 2.00 bits per heavy atom. The van der Waals surface area contributed by atoms with Gasteiger partial charge in [-0.2, -0.15) is 0 Å². The lowest BCUT2D eigenvalue weighted by atomic mass is 10.2. The van der Waals surface area contributed by atoms with E-state index in [2.05, 4.69) is 9.88 Å². The van der Waals surface area contributed by atoms with E-state index in [4.69, 9.17) is 9.26 Å². The smallest absolute Gasteiger partial charge is 0.263 e. The summed E-state index contributed by atoms with van der Waals surface area (Å²) in [6, 6.07) is 7.89. The average molecular weight is 322 g/mol. The highest BCUT2D eigenvalue weighted by Gasteiger charge is 2.29. The van der Waals surface area contributed by atoms with Gasteiger partial charge in [0.2, 0.25) is 0 Å². The fraction of sp³-hybridized carbons (Fsp3) is 0.400. The first-order valence-corrected chi connectivity index (χ1v) is 8.65. The molecule has 1 aromatic carbocycles. The first-order chi connectivity index (χ1) is 10.4. The Morgan fingerprint density at radius 3 is 2.55 bits per heavy atom. The molecule has 6 nitrogen and oxygen atoms in total. The lowest BCUT2D eigenvalue weighted by molar-refractivity contribution is 0.198. The summed E-state index contributed by atoms with van der Waals surface area (Å²) in [5.41, 5.74) is 0. The minimum atomic E-state index is -3.68. The van der Waals surface area contributed by atoms with Gasteiger partial charge >= 0.3 is 0 Å². The van der Waals surface area contributed by atoms with Crippen LogP contribution in [0.25, 0.3) is 0 Å². The van der Waals surface area contributed by atoms with Gasteiger partial charge in [0.05, 0.1) is 11.0 Å². The van der Waals surface area contributed by atoms with Crippen LogP contribution in [0.3, 0.4) is 0 Å². The zero-order valence-electron chi connectivity index (χ0n) is 12.4. The van der Waals surface area contributed by atoms with Crippen molar-refractivity contribution in [1.29, 1.82) is 0 Å². The van der Waals surface area contributed by atoms with E-state index < -0.39 is 10.0 Å². The summed E-state index contributed by atoms with van der Waals surface area (Å²) >= 11 is 0. The van der Waals surface area contributed by atoms with Gasteiger partial charge in [-0.05, 0) is 56.9 Å². The standard InChI is InChI=1S/C15H18N2O4S/c1-10-9-15(16-21-10)17-22(18,19)14-7-5-13(6-8-14)20-11(2)12-3-4-12/h5-9,11-12H,3-4H2,1-2H3,(H,16,17). The lowest BCUT2D eigenvalue weighted by Gasteiger charge is -2.14. The molecule has 7 heteroatoms. The van der Waals surface area contributed by atoms with Crippen LogP contribution in [-0.2, 0) is 10.0 Å². The van der Waals surface area contributed by atoms with Crippen LogP contribution >= 0.6 is 0 Å². The van der Waals surface area contributed by atoms with Crippen molar-refractivity contribution < 1.29 is 17.7 Å². The zero-order chi connectivity index (χ0) is 15.7. The van der Waals surface area contributed by atoms with Crippen molar-refractivity contribution in [2.75, 3.05) is 4.72 Å². The van der Waals surface area contributed by atoms with Crippen molar-refractivity contribution >= 4 is 15.8 Å². The van der Waals surface area contributed by atoms with Crippen molar-refractivity contribution in [3.63, 3.8) is 0 Å². The van der Waals surface area contributed by atoms with Crippen LogP contribution in [0.15, 0.2) is 39.8 Å². The highest BCUT2D eigenvalue weighted by Crippen LogP contribution is 2.34. The molecule has 1 N–H and O–H groups in total. The van der Waals surface area contributed by atoms with E-state index in [0.717, 1.165) is 0 Å². The van der Waals surface area contributed by atoms with Crippen LogP contribution in [0, 0.1) is 12.8 Å². The van der Waals surface area contributed by atoms with E-state index in [1.54, 1.807) is 19.1 Å². The summed E-state index contributed by atoms with van der Waals surface area (Å²) < 4.78 is 37.5. The maximum atomic E-state index is 12.2. The van der Waals surface area contributed by atoms with E-state index in [-0.39, 0.29) is 16.8 Å². The summed E-state index contributed by atoms with van der Waals surface area (Å²) in [6.45, 7) is 3.73. The number of nitrogens with one attached hydrogen (secondary N) is 1. The Morgan fingerprint density at radius 1 is 1.32 bits per heavy atom. The number of aromatic nitrogens is 1. The van der Waals surface area contributed by atoms with Gasteiger partial charge in [-0.3, -0.25) is 4.72 Å². The molecular formula is C15H18N2O4S. The minimum Gasteiger partial charge on any atom is -0.490 e. The van der Waals surface area contributed by atoms with Crippen LogP contribution in [0.2, 0.25) is 0 Å². The molecule has 1 fully saturated rings. The molecule has 22 heavy (non-hydrogen) atoms. The number of aryl methyl sites for hydroxylation is 1. The normalized spacial score (nSPS) is 16.3. The third kappa shape index (κ3) is 3.41. The molecule has 2 aromatic rings.